The monoisotopic (exact) mass is 475 g/mol. The van der Waals surface area contributed by atoms with Crippen LogP contribution in [0.5, 0.6) is 11.5 Å². The van der Waals surface area contributed by atoms with E-state index in [-0.39, 0.29) is 0 Å². The molecule has 140 valence electrons. The normalized spacial score (nSPS) is 10.4. The number of nitrogens with zero attached hydrogens (tertiary/aromatic N) is 1. The molecule has 0 bridgehead atoms. The number of hydrogen-bond acceptors (Lipinski definition) is 4. The molecule has 0 aromatic heterocycles. The van der Waals surface area contributed by atoms with Gasteiger partial charge in [-0.25, -0.2) is 0 Å². The number of halogens is 2. The smallest absolute Gasteiger partial charge is 0.125 e. The summed E-state index contributed by atoms with van der Waals surface area (Å²) in [6.45, 7) is 11.8. The quantitative estimate of drug-likeness (QED) is 0.225. The van der Waals surface area contributed by atoms with Gasteiger partial charge in [-0.05, 0) is 82.3 Å². The lowest BCUT2D eigenvalue weighted by Crippen LogP contribution is -2.06. The molecule has 0 aliphatic heterocycles. The Kier molecular flexibility index (Phi) is 10.2. The summed E-state index contributed by atoms with van der Waals surface area (Å²) < 4.78 is 12.7. The van der Waals surface area contributed by atoms with Gasteiger partial charge in [-0.2, -0.15) is 0 Å². The van der Waals surface area contributed by atoms with Crippen LogP contribution in [0.25, 0.3) is 0 Å². The summed E-state index contributed by atoms with van der Waals surface area (Å²) in [5.74, 6) is 2.14. The van der Waals surface area contributed by atoms with Crippen LogP contribution in [-0.2, 0) is 4.84 Å². The highest BCUT2D eigenvalue weighted by Crippen LogP contribution is 2.34. The summed E-state index contributed by atoms with van der Waals surface area (Å²) in [7, 11) is 0. The number of oxime groups is 1. The lowest BCUT2D eigenvalue weighted by molar-refractivity contribution is 0.127. The highest BCUT2D eigenvalue weighted by Gasteiger charge is 2.13. The first-order chi connectivity index (χ1) is 11.8. The molecule has 1 aromatic rings. The lowest BCUT2D eigenvalue weighted by atomic mass is 9.99. The largest absolute Gasteiger partial charge is 0.493 e. The van der Waals surface area contributed by atoms with Crippen molar-refractivity contribution in [1.82, 2.24) is 0 Å². The summed E-state index contributed by atoms with van der Waals surface area (Å²) >= 11 is 6.65. The minimum atomic E-state index is 0.347. The Morgan fingerprint density at radius 2 is 1.88 bits per heavy atom. The fourth-order valence-electron chi connectivity index (χ4n) is 2.15. The zero-order valence-electron chi connectivity index (χ0n) is 15.6. The van der Waals surface area contributed by atoms with E-state index in [4.69, 9.17) is 14.3 Å². The van der Waals surface area contributed by atoms with Crippen molar-refractivity contribution in [3.05, 3.63) is 32.7 Å². The first-order valence-electron chi connectivity index (χ1n) is 8.35. The topological polar surface area (TPSA) is 40.0 Å². The SMILES string of the molecule is CC(C)=NOCCCOc1c(C)cc(OCC=C(Br)Br)cc1C(C)C. The van der Waals surface area contributed by atoms with Crippen LogP contribution in [0.2, 0.25) is 0 Å². The molecular formula is C19H27Br2NO3. The number of aryl methyl sites for hydroxylation is 1. The maximum Gasteiger partial charge on any atom is 0.125 e. The molecule has 0 saturated heterocycles. The van der Waals surface area contributed by atoms with E-state index in [1.807, 2.05) is 32.9 Å². The van der Waals surface area contributed by atoms with E-state index in [1.165, 1.54) is 0 Å². The molecule has 0 fully saturated rings. The molecule has 4 nitrogen and oxygen atoms in total. The van der Waals surface area contributed by atoms with Gasteiger partial charge in [0.1, 0.15) is 24.7 Å². The molecule has 0 saturated carbocycles. The minimum absolute atomic E-state index is 0.347. The van der Waals surface area contributed by atoms with E-state index >= 15 is 0 Å². The molecule has 0 N–H and O–H groups in total. The molecule has 0 aliphatic rings. The van der Waals surface area contributed by atoms with Gasteiger partial charge in [0.15, 0.2) is 0 Å². The third-order valence-electron chi connectivity index (χ3n) is 3.26. The number of ether oxygens (including phenoxy) is 2. The van der Waals surface area contributed by atoms with Crippen molar-refractivity contribution in [3.8, 4) is 11.5 Å². The van der Waals surface area contributed by atoms with Gasteiger partial charge >= 0.3 is 0 Å². The summed E-state index contributed by atoms with van der Waals surface area (Å²) in [4.78, 5) is 5.20. The van der Waals surface area contributed by atoms with E-state index in [2.05, 4.69) is 56.9 Å². The van der Waals surface area contributed by atoms with Crippen LogP contribution in [0, 0.1) is 6.92 Å². The van der Waals surface area contributed by atoms with E-state index in [1.54, 1.807) is 0 Å². The van der Waals surface area contributed by atoms with E-state index in [0.29, 0.717) is 25.7 Å². The van der Waals surface area contributed by atoms with Gasteiger partial charge in [0.25, 0.3) is 0 Å². The van der Waals surface area contributed by atoms with Crippen LogP contribution in [0.15, 0.2) is 26.8 Å². The Hall–Kier alpha value is -1.01. The van der Waals surface area contributed by atoms with Crippen molar-refractivity contribution in [2.75, 3.05) is 19.8 Å². The highest BCUT2D eigenvalue weighted by molar-refractivity contribution is 9.28. The van der Waals surface area contributed by atoms with E-state index in [0.717, 1.165) is 38.2 Å². The van der Waals surface area contributed by atoms with Gasteiger partial charge in [0.05, 0.1) is 15.7 Å². The predicted octanol–water partition coefficient (Wildman–Crippen LogP) is 6.31. The second-order valence-corrected chi connectivity index (χ2v) is 8.96. The molecule has 1 aromatic carbocycles. The molecule has 0 unspecified atom stereocenters. The number of benzene rings is 1. The van der Waals surface area contributed by atoms with Crippen LogP contribution < -0.4 is 9.47 Å². The molecule has 0 spiro atoms. The molecule has 1 rings (SSSR count). The molecule has 6 heteroatoms. The molecule has 0 aliphatic carbocycles. The van der Waals surface area contributed by atoms with Gasteiger partial charge < -0.3 is 14.3 Å². The maximum atomic E-state index is 6.02. The maximum absolute atomic E-state index is 6.02. The van der Waals surface area contributed by atoms with Gasteiger partial charge in [-0.3, -0.25) is 0 Å². The Bertz CT molecular complexity index is 605. The Morgan fingerprint density at radius 1 is 1.16 bits per heavy atom. The van der Waals surface area contributed by atoms with Crippen LogP contribution in [-0.4, -0.2) is 25.5 Å². The fourth-order valence-corrected chi connectivity index (χ4v) is 2.41. The zero-order chi connectivity index (χ0) is 18.8. The van der Waals surface area contributed by atoms with Crippen molar-refractivity contribution in [3.63, 3.8) is 0 Å². The first-order valence-corrected chi connectivity index (χ1v) is 9.94. The Morgan fingerprint density at radius 3 is 2.48 bits per heavy atom. The molecular weight excluding hydrogens is 450 g/mol. The third-order valence-corrected chi connectivity index (χ3v) is 3.91. The Balaban J connectivity index is 2.71. The van der Waals surface area contributed by atoms with E-state index < -0.39 is 0 Å². The van der Waals surface area contributed by atoms with Crippen LogP contribution in [0.3, 0.4) is 0 Å². The standard InChI is InChI=1S/C19H27Br2NO3/c1-13(2)17-12-16(23-10-7-18(20)21)11-15(5)19(17)24-8-6-9-25-22-14(3)4/h7,11-13H,6,8-10H2,1-5H3. The average molecular weight is 477 g/mol. The summed E-state index contributed by atoms with van der Waals surface area (Å²) in [6.07, 6.45) is 2.70. The van der Waals surface area contributed by atoms with Crippen molar-refractivity contribution in [1.29, 1.82) is 0 Å². The van der Waals surface area contributed by atoms with E-state index in [9.17, 15) is 0 Å². The molecule has 0 radical (unpaired) electrons. The first kappa shape index (κ1) is 22.0. The molecule has 0 atom stereocenters. The summed E-state index contributed by atoms with van der Waals surface area (Å²) in [6, 6.07) is 4.07. The van der Waals surface area contributed by atoms with Crippen molar-refractivity contribution < 1.29 is 14.3 Å². The zero-order valence-corrected chi connectivity index (χ0v) is 18.7. The van der Waals surface area contributed by atoms with Gasteiger partial charge in [-0.1, -0.05) is 19.0 Å². The number of rotatable bonds is 10. The number of hydrogen-bond donors (Lipinski definition) is 0. The minimum Gasteiger partial charge on any atom is -0.493 e. The highest BCUT2D eigenvalue weighted by atomic mass is 79.9. The van der Waals surface area contributed by atoms with Crippen molar-refractivity contribution in [2.45, 2.75) is 47.0 Å². The van der Waals surface area contributed by atoms with Crippen LogP contribution >= 0.6 is 31.9 Å². The lowest BCUT2D eigenvalue weighted by Gasteiger charge is -2.18. The second kappa shape index (κ2) is 11.6. The van der Waals surface area contributed by atoms with Crippen molar-refractivity contribution >= 4 is 37.6 Å². The summed E-state index contributed by atoms with van der Waals surface area (Å²) in [5, 5.41) is 3.92. The van der Waals surface area contributed by atoms with Crippen LogP contribution in [0.4, 0.5) is 0 Å². The van der Waals surface area contributed by atoms with Crippen LogP contribution in [0.1, 0.15) is 51.2 Å². The predicted molar refractivity (Wildman–Crippen MR) is 112 cm³/mol. The van der Waals surface area contributed by atoms with Gasteiger partial charge in [0, 0.05) is 12.0 Å². The second-order valence-electron chi connectivity index (χ2n) is 6.19. The molecule has 25 heavy (non-hydrogen) atoms. The third kappa shape index (κ3) is 8.77. The van der Waals surface area contributed by atoms with Crippen molar-refractivity contribution in [2.24, 2.45) is 5.16 Å². The fraction of sp³-hybridized carbons (Fsp3) is 0.526. The van der Waals surface area contributed by atoms with Gasteiger partial charge in [-0.15, -0.1) is 0 Å². The molecule has 0 amide bonds. The average Bonchev–Trinajstić information content (AvgIpc) is 2.51. The van der Waals surface area contributed by atoms with Gasteiger partial charge in [0.2, 0.25) is 0 Å². The Labute approximate surface area is 167 Å². The molecule has 0 heterocycles. The summed E-state index contributed by atoms with van der Waals surface area (Å²) in [5.41, 5.74) is 3.14.